The first kappa shape index (κ1) is 17.1. The SMILES string of the molecule is CN=C(NCc1ccc(Cl)cc1)NC1CCN(C(C)C)CC1. The topological polar surface area (TPSA) is 39.7 Å². The van der Waals surface area contributed by atoms with E-state index in [9.17, 15) is 0 Å². The van der Waals surface area contributed by atoms with E-state index in [4.69, 9.17) is 11.6 Å². The third kappa shape index (κ3) is 5.18. The molecule has 0 unspecified atom stereocenters. The number of halogens is 1. The molecule has 122 valence electrons. The van der Waals surface area contributed by atoms with Crippen molar-refractivity contribution in [1.29, 1.82) is 0 Å². The maximum Gasteiger partial charge on any atom is 0.191 e. The van der Waals surface area contributed by atoms with Crippen LogP contribution < -0.4 is 10.6 Å². The van der Waals surface area contributed by atoms with Gasteiger partial charge in [-0.05, 0) is 44.4 Å². The Hall–Kier alpha value is -1.26. The third-order valence-corrected chi connectivity index (χ3v) is 4.45. The molecule has 0 spiro atoms. The lowest BCUT2D eigenvalue weighted by Gasteiger charge is -2.35. The normalized spacial score (nSPS) is 17.8. The number of guanidine groups is 1. The smallest absolute Gasteiger partial charge is 0.191 e. The van der Waals surface area contributed by atoms with Crippen molar-refractivity contribution in [2.45, 2.75) is 45.3 Å². The summed E-state index contributed by atoms with van der Waals surface area (Å²) in [4.78, 5) is 6.85. The van der Waals surface area contributed by atoms with E-state index in [0.29, 0.717) is 12.1 Å². The van der Waals surface area contributed by atoms with Gasteiger partial charge < -0.3 is 15.5 Å². The molecule has 1 fully saturated rings. The van der Waals surface area contributed by atoms with Crippen LogP contribution in [0.15, 0.2) is 29.3 Å². The predicted molar refractivity (Wildman–Crippen MR) is 94.5 cm³/mol. The summed E-state index contributed by atoms with van der Waals surface area (Å²) in [6, 6.07) is 9.04. The van der Waals surface area contributed by atoms with Crippen molar-refractivity contribution < 1.29 is 0 Å². The summed E-state index contributed by atoms with van der Waals surface area (Å²) in [5.74, 6) is 0.873. The third-order valence-electron chi connectivity index (χ3n) is 4.20. The fraction of sp³-hybridized carbons (Fsp3) is 0.588. The molecule has 2 rings (SSSR count). The van der Waals surface area contributed by atoms with Crippen LogP contribution in [0.4, 0.5) is 0 Å². The number of piperidine rings is 1. The van der Waals surface area contributed by atoms with Gasteiger partial charge in [0.1, 0.15) is 0 Å². The molecule has 1 aliphatic rings. The van der Waals surface area contributed by atoms with Gasteiger partial charge in [-0.1, -0.05) is 23.7 Å². The molecular formula is C17H27ClN4. The van der Waals surface area contributed by atoms with Gasteiger partial charge in [-0.25, -0.2) is 0 Å². The summed E-state index contributed by atoms with van der Waals surface area (Å²) in [6.07, 6.45) is 2.33. The lowest BCUT2D eigenvalue weighted by molar-refractivity contribution is 0.167. The Balaban J connectivity index is 1.77. The average molecular weight is 323 g/mol. The van der Waals surface area contributed by atoms with Crippen molar-refractivity contribution in [1.82, 2.24) is 15.5 Å². The van der Waals surface area contributed by atoms with Crippen molar-refractivity contribution >= 4 is 17.6 Å². The Bertz CT molecular complexity index is 476. The maximum absolute atomic E-state index is 5.90. The molecule has 4 nitrogen and oxygen atoms in total. The van der Waals surface area contributed by atoms with Crippen molar-refractivity contribution in [3.63, 3.8) is 0 Å². The fourth-order valence-corrected chi connectivity index (χ4v) is 2.86. The summed E-state index contributed by atoms with van der Waals surface area (Å²) in [5.41, 5.74) is 1.20. The van der Waals surface area contributed by atoms with Gasteiger partial charge in [0.05, 0.1) is 0 Å². The van der Waals surface area contributed by atoms with E-state index >= 15 is 0 Å². The monoisotopic (exact) mass is 322 g/mol. The number of hydrogen-bond donors (Lipinski definition) is 2. The van der Waals surface area contributed by atoms with Gasteiger partial charge in [-0.15, -0.1) is 0 Å². The van der Waals surface area contributed by atoms with Crippen molar-refractivity contribution in [3.8, 4) is 0 Å². The zero-order valence-corrected chi connectivity index (χ0v) is 14.5. The van der Waals surface area contributed by atoms with Gasteiger partial charge >= 0.3 is 0 Å². The van der Waals surface area contributed by atoms with Gasteiger partial charge in [0.15, 0.2) is 5.96 Å². The molecule has 0 aliphatic carbocycles. The Morgan fingerprint density at radius 3 is 2.45 bits per heavy atom. The quantitative estimate of drug-likeness (QED) is 0.661. The minimum Gasteiger partial charge on any atom is -0.354 e. The second-order valence-electron chi connectivity index (χ2n) is 6.10. The van der Waals surface area contributed by atoms with Crippen LogP contribution in [-0.2, 0) is 6.54 Å². The number of likely N-dealkylation sites (tertiary alicyclic amines) is 1. The molecule has 1 aromatic carbocycles. The van der Waals surface area contributed by atoms with E-state index in [2.05, 4.69) is 34.4 Å². The van der Waals surface area contributed by atoms with E-state index in [1.165, 1.54) is 18.4 Å². The predicted octanol–water partition coefficient (Wildman–Crippen LogP) is 2.88. The van der Waals surface area contributed by atoms with E-state index in [1.54, 1.807) is 0 Å². The molecule has 1 aliphatic heterocycles. The lowest BCUT2D eigenvalue weighted by atomic mass is 10.0. The fourth-order valence-electron chi connectivity index (χ4n) is 2.74. The zero-order valence-electron chi connectivity index (χ0n) is 13.8. The van der Waals surface area contributed by atoms with Gasteiger partial charge in [0, 0.05) is 43.8 Å². The molecule has 1 heterocycles. The standard InChI is InChI=1S/C17H27ClN4/c1-13(2)22-10-8-16(9-11-22)21-17(19-3)20-12-14-4-6-15(18)7-5-14/h4-7,13,16H,8-12H2,1-3H3,(H2,19,20,21). The Kier molecular flexibility index (Phi) is 6.52. The lowest BCUT2D eigenvalue weighted by Crippen LogP contribution is -2.49. The molecule has 0 bridgehead atoms. The van der Waals surface area contributed by atoms with Crippen LogP contribution in [0.25, 0.3) is 0 Å². The number of aliphatic imine (C=N–C) groups is 1. The molecule has 0 aromatic heterocycles. The molecule has 0 amide bonds. The Morgan fingerprint density at radius 2 is 1.91 bits per heavy atom. The van der Waals surface area contributed by atoms with Crippen molar-refractivity contribution in [2.75, 3.05) is 20.1 Å². The van der Waals surface area contributed by atoms with Crippen LogP contribution >= 0.6 is 11.6 Å². The van der Waals surface area contributed by atoms with Crippen LogP contribution in [0.5, 0.6) is 0 Å². The number of hydrogen-bond acceptors (Lipinski definition) is 2. The summed E-state index contributed by atoms with van der Waals surface area (Å²) in [6.45, 7) is 7.59. The highest BCUT2D eigenvalue weighted by atomic mass is 35.5. The van der Waals surface area contributed by atoms with Gasteiger partial charge in [-0.2, -0.15) is 0 Å². The van der Waals surface area contributed by atoms with E-state index in [1.807, 2.05) is 31.3 Å². The molecular weight excluding hydrogens is 296 g/mol. The highest BCUT2D eigenvalue weighted by Gasteiger charge is 2.21. The van der Waals surface area contributed by atoms with Crippen molar-refractivity contribution in [2.24, 2.45) is 4.99 Å². The first-order valence-corrected chi connectivity index (χ1v) is 8.42. The van der Waals surface area contributed by atoms with Crippen LogP contribution in [0, 0.1) is 0 Å². The minimum atomic E-state index is 0.506. The molecule has 0 radical (unpaired) electrons. The highest BCUT2D eigenvalue weighted by molar-refractivity contribution is 6.30. The largest absolute Gasteiger partial charge is 0.354 e. The molecule has 22 heavy (non-hydrogen) atoms. The maximum atomic E-state index is 5.90. The summed E-state index contributed by atoms with van der Waals surface area (Å²) in [5, 5.41) is 7.67. The molecule has 1 saturated heterocycles. The van der Waals surface area contributed by atoms with Crippen LogP contribution in [0.3, 0.4) is 0 Å². The van der Waals surface area contributed by atoms with E-state index < -0.39 is 0 Å². The molecule has 1 aromatic rings. The first-order valence-electron chi connectivity index (χ1n) is 8.04. The van der Waals surface area contributed by atoms with E-state index in [-0.39, 0.29) is 0 Å². The van der Waals surface area contributed by atoms with Crippen molar-refractivity contribution in [3.05, 3.63) is 34.9 Å². The second-order valence-corrected chi connectivity index (χ2v) is 6.54. The number of nitrogens with zero attached hydrogens (tertiary/aromatic N) is 2. The molecule has 2 N–H and O–H groups in total. The first-order chi connectivity index (χ1) is 10.6. The summed E-state index contributed by atoms with van der Waals surface area (Å²) < 4.78 is 0. The zero-order chi connectivity index (χ0) is 15.9. The summed E-state index contributed by atoms with van der Waals surface area (Å²) in [7, 11) is 1.82. The number of rotatable bonds is 4. The molecule has 5 heteroatoms. The van der Waals surface area contributed by atoms with Gasteiger partial charge in [0.25, 0.3) is 0 Å². The van der Waals surface area contributed by atoms with Crippen LogP contribution in [0.2, 0.25) is 5.02 Å². The second kappa shape index (κ2) is 8.39. The number of benzene rings is 1. The molecule has 0 atom stereocenters. The van der Waals surface area contributed by atoms with Crippen LogP contribution in [0.1, 0.15) is 32.3 Å². The van der Waals surface area contributed by atoms with Gasteiger partial charge in [-0.3, -0.25) is 4.99 Å². The highest BCUT2D eigenvalue weighted by Crippen LogP contribution is 2.13. The Labute approximate surface area is 138 Å². The molecule has 0 saturated carbocycles. The Morgan fingerprint density at radius 1 is 1.27 bits per heavy atom. The van der Waals surface area contributed by atoms with E-state index in [0.717, 1.165) is 30.6 Å². The summed E-state index contributed by atoms with van der Waals surface area (Å²) >= 11 is 5.90. The van der Waals surface area contributed by atoms with Gasteiger partial charge in [0.2, 0.25) is 0 Å². The minimum absolute atomic E-state index is 0.506. The number of nitrogens with one attached hydrogen (secondary N) is 2. The average Bonchev–Trinajstić information content (AvgIpc) is 2.53. The van der Waals surface area contributed by atoms with Crippen LogP contribution in [-0.4, -0.2) is 43.1 Å².